The number of rotatable bonds is 8. The zero-order valence-electron chi connectivity index (χ0n) is 16.6. The molecule has 26 heavy (non-hydrogen) atoms. The van der Waals surface area contributed by atoms with Crippen molar-refractivity contribution < 1.29 is 9.90 Å². The number of phenolic OH excluding ortho intramolecular Hbond substituents is 1. The van der Waals surface area contributed by atoms with Crippen molar-refractivity contribution in [3.05, 3.63) is 65.2 Å². The summed E-state index contributed by atoms with van der Waals surface area (Å²) < 4.78 is 0. The third-order valence-electron chi connectivity index (χ3n) is 5.01. The van der Waals surface area contributed by atoms with E-state index in [1.54, 1.807) is 19.1 Å². The Bertz CT molecular complexity index is 714. The lowest BCUT2D eigenvalue weighted by Gasteiger charge is -2.32. The molecule has 0 saturated heterocycles. The van der Waals surface area contributed by atoms with E-state index < -0.39 is 0 Å². The summed E-state index contributed by atoms with van der Waals surface area (Å²) in [6.45, 7) is 11.3. The Morgan fingerprint density at radius 3 is 2.15 bits per heavy atom. The monoisotopic (exact) mass is 353 g/mol. The van der Waals surface area contributed by atoms with Gasteiger partial charge >= 0.3 is 0 Å². The minimum Gasteiger partial charge on any atom is -0.508 e. The van der Waals surface area contributed by atoms with Gasteiger partial charge in [0.15, 0.2) is 5.78 Å². The van der Waals surface area contributed by atoms with Gasteiger partial charge in [-0.1, -0.05) is 30.3 Å². The van der Waals surface area contributed by atoms with Crippen LogP contribution < -0.4 is 0 Å². The number of ketones is 1. The molecular weight excluding hydrogens is 322 g/mol. The molecule has 140 valence electrons. The molecule has 0 saturated carbocycles. The molecule has 0 amide bonds. The topological polar surface area (TPSA) is 40.5 Å². The molecular formula is C23H31NO2. The van der Waals surface area contributed by atoms with Gasteiger partial charge in [0.25, 0.3) is 0 Å². The maximum absolute atomic E-state index is 11.8. The number of aromatic hydroxyl groups is 1. The molecule has 0 bridgehead atoms. The van der Waals surface area contributed by atoms with Crippen LogP contribution in [0, 0.1) is 0 Å². The summed E-state index contributed by atoms with van der Waals surface area (Å²) in [5.74, 6) is 0.323. The van der Waals surface area contributed by atoms with Crippen molar-refractivity contribution in [3.8, 4) is 5.75 Å². The Labute approximate surface area is 157 Å². The Balaban J connectivity index is 2.40. The van der Waals surface area contributed by atoms with Gasteiger partial charge < -0.3 is 5.11 Å². The average Bonchev–Trinajstić information content (AvgIpc) is 2.59. The number of nitrogens with zero attached hydrogens (tertiary/aromatic N) is 1. The van der Waals surface area contributed by atoms with Crippen molar-refractivity contribution in [1.29, 1.82) is 0 Å². The predicted molar refractivity (Wildman–Crippen MR) is 108 cm³/mol. The van der Waals surface area contributed by atoms with E-state index in [1.165, 1.54) is 0 Å². The smallest absolute Gasteiger partial charge is 0.159 e. The van der Waals surface area contributed by atoms with Gasteiger partial charge in [-0.3, -0.25) is 9.69 Å². The minimum absolute atomic E-state index is 0.0176. The van der Waals surface area contributed by atoms with Gasteiger partial charge in [-0.05, 0) is 71.3 Å². The lowest BCUT2D eigenvalue weighted by molar-refractivity contribution is 0.101. The molecule has 1 N–H and O–H groups in total. The van der Waals surface area contributed by atoms with E-state index >= 15 is 0 Å². The molecule has 0 unspecified atom stereocenters. The fourth-order valence-corrected chi connectivity index (χ4v) is 3.63. The van der Waals surface area contributed by atoms with Crippen molar-refractivity contribution in [2.45, 2.75) is 59.0 Å². The van der Waals surface area contributed by atoms with Crippen LogP contribution in [0.15, 0.2) is 48.5 Å². The Kier molecular flexibility index (Phi) is 6.98. The third-order valence-corrected chi connectivity index (χ3v) is 5.01. The molecule has 2 aromatic rings. The molecule has 0 spiro atoms. The molecule has 0 aliphatic carbocycles. The molecule has 2 rings (SSSR count). The van der Waals surface area contributed by atoms with E-state index in [0.29, 0.717) is 17.6 Å². The number of hydrogen-bond donors (Lipinski definition) is 1. The van der Waals surface area contributed by atoms with Crippen molar-refractivity contribution in [1.82, 2.24) is 4.90 Å². The molecule has 0 aliphatic heterocycles. The fourth-order valence-electron chi connectivity index (χ4n) is 3.63. The van der Waals surface area contributed by atoms with E-state index in [4.69, 9.17) is 0 Å². The Morgan fingerprint density at radius 2 is 1.62 bits per heavy atom. The molecule has 1 atom stereocenters. The zero-order valence-corrected chi connectivity index (χ0v) is 16.6. The van der Waals surface area contributed by atoms with Gasteiger partial charge in [0, 0.05) is 29.1 Å². The Morgan fingerprint density at radius 1 is 1.00 bits per heavy atom. The number of carbonyl (C=O) groups is 1. The van der Waals surface area contributed by atoms with E-state index in [1.807, 2.05) is 24.3 Å². The largest absolute Gasteiger partial charge is 0.508 e. The van der Waals surface area contributed by atoms with Crippen LogP contribution in [0.25, 0.3) is 0 Å². The first-order valence-electron chi connectivity index (χ1n) is 9.45. The molecule has 0 fully saturated rings. The van der Waals surface area contributed by atoms with Gasteiger partial charge in [-0.25, -0.2) is 0 Å². The lowest BCUT2D eigenvalue weighted by Crippen LogP contribution is -2.38. The molecule has 3 heteroatoms. The first-order valence-corrected chi connectivity index (χ1v) is 9.45. The molecule has 0 heterocycles. The quantitative estimate of drug-likeness (QED) is 0.660. The van der Waals surface area contributed by atoms with Crippen LogP contribution in [0.4, 0.5) is 0 Å². The van der Waals surface area contributed by atoms with Gasteiger partial charge in [0.1, 0.15) is 5.75 Å². The maximum atomic E-state index is 11.8. The van der Waals surface area contributed by atoms with Gasteiger partial charge in [-0.15, -0.1) is 0 Å². The highest BCUT2D eigenvalue weighted by Crippen LogP contribution is 2.35. The fraction of sp³-hybridized carbons (Fsp3) is 0.435. The number of phenols is 1. The van der Waals surface area contributed by atoms with E-state index in [2.05, 4.69) is 44.7 Å². The first kappa shape index (κ1) is 20.2. The molecule has 2 aromatic carbocycles. The van der Waals surface area contributed by atoms with E-state index in [9.17, 15) is 9.90 Å². The summed E-state index contributed by atoms with van der Waals surface area (Å²) >= 11 is 0. The summed E-state index contributed by atoms with van der Waals surface area (Å²) in [5, 5.41) is 10.5. The second kappa shape index (κ2) is 9.00. The summed E-state index contributed by atoms with van der Waals surface area (Å²) in [6, 6.07) is 16.4. The third kappa shape index (κ3) is 4.95. The molecule has 3 nitrogen and oxygen atoms in total. The van der Waals surface area contributed by atoms with Crippen LogP contribution in [0.2, 0.25) is 0 Å². The predicted octanol–water partition coefficient (Wildman–Crippen LogP) is 5.24. The van der Waals surface area contributed by atoms with Gasteiger partial charge in [-0.2, -0.15) is 0 Å². The lowest BCUT2D eigenvalue weighted by atomic mass is 9.86. The molecule has 0 aromatic heterocycles. The van der Waals surface area contributed by atoms with Crippen molar-refractivity contribution in [3.63, 3.8) is 0 Å². The van der Waals surface area contributed by atoms with Gasteiger partial charge in [0.2, 0.25) is 0 Å². The van der Waals surface area contributed by atoms with Crippen LogP contribution in [-0.2, 0) is 0 Å². The SMILES string of the molecule is CC(=O)c1ccc(O)c([C@H](CCN(C(C)C)C(C)C)c2ccccc2)c1. The van der Waals surface area contributed by atoms with Crippen LogP contribution in [-0.4, -0.2) is 34.4 Å². The van der Waals surface area contributed by atoms with Crippen molar-refractivity contribution in [2.75, 3.05) is 6.54 Å². The number of benzene rings is 2. The summed E-state index contributed by atoms with van der Waals surface area (Å²) in [6.07, 6.45) is 0.884. The van der Waals surface area contributed by atoms with Crippen LogP contribution in [0.3, 0.4) is 0 Å². The van der Waals surface area contributed by atoms with E-state index in [-0.39, 0.29) is 17.5 Å². The highest BCUT2D eigenvalue weighted by Gasteiger charge is 2.22. The highest BCUT2D eigenvalue weighted by molar-refractivity contribution is 5.94. The second-order valence-corrected chi connectivity index (χ2v) is 7.51. The van der Waals surface area contributed by atoms with Crippen molar-refractivity contribution >= 4 is 5.78 Å². The van der Waals surface area contributed by atoms with Gasteiger partial charge in [0.05, 0.1) is 0 Å². The molecule has 0 radical (unpaired) electrons. The standard InChI is InChI=1S/C23H31NO2/c1-16(2)24(17(3)4)14-13-21(19-9-7-6-8-10-19)22-15-20(18(5)25)11-12-23(22)26/h6-12,15-17,21,26H,13-14H2,1-5H3/t21-/m1/s1. The summed E-state index contributed by atoms with van der Waals surface area (Å²) in [7, 11) is 0. The second-order valence-electron chi connectivity index (χ2n) is 7.51. The Hall–Kier alpha value is -2.13. The minimum atomic E-state index is 0.0176. The zero-order chi connectivity index (χ0) is 19.3. The normalized spacial score (nSPS) is 12.8. The van der Waals surface area contributed by atoms with E-state index in [0.717, 1.165) is 24.1 Å². The summed E-state index contributed by atoms with van der Waals surface area (Å²) in [4.78, 5) is 14.3. The average molecular weight is 354 g/mol. The highest BCUT2D eigenvalue weighted by atomic mass is 16.3. The summed E-state index contributed by atoms with van der Waals surface area (Å²) in [5.41, 5.74) is 2.63. The number of carbonyl (C=O) groups excluding carboxylic acids is 1. The first-order chi connectivity index (χ1) is 12.3. The number of Topliss-reactive ketones (excluding diaryl/α,β-unsaturated/α-hetero) is 1. The molecule has 0 aliphatic rings. The van der Waals surface area contributed by atoms with Crippen molar-refractivity contribution in [2.24, 2.45) is 0 Å². The van der Waals surface area contributed by atoms with Crippen LogP contribution in [0.5, 0.6) is 5.75 Å². The maximum Gasteiger partial charge on any atom is 0.159 e. The van der Waals surface area contributed by atoms with Crippen LogP contribution >= 0.6 is 0 Å². The number of hydrogen-bond acceptors (Lipinski definition) is 3. The van der Waals surface area contributed by atoms with Crippen LogP contribution in [0.1, 0.15) is 68.4 Å².